The lowest BCUT2D eigenvalue weighted by Crippen LogP contribution is -2.47. The molecule has 2 aliphatic heterocycles. The van der Waals surface area contributed by atoms with Crippen molar-refractivity contribution >= 4 is 11.8 Å². The molecule has 0 saturated carbocycles. The number of aryl methyl sites for hydroxylation is 1. The number of amides is 2. The molecule has 1 aromatic rings. The number of carbonyl (C=O) groups is 2. The molecule has 0 spiro atoms. The van der Waals surface area contributed by atoms with Gasteiger partial charge in [0.1, 0.15) is 0 Å². The molecule has 3 aliphatic rings. The number of hydrogen-bond acceptors (Lipinski definition) is 3. The Morgan fingerprint density at radius 3 is 2.85 bits per heavy atom. The van der Waals surface area contributed by atoms with Crippen molar-refractivity contribution in [1.29, 1.82) is 0 Å². The molecular weight excluding hydrogens is 328 g/mol. The predicted octanol–water partition coefficient (Wildman–Crippen LogP) is 1.94. The van der Waals surface area contributed by atoms with E-state index in [1.54, 1.807) is 0 Å². The van der Waals surface area contributed by atoms with Gasteiger partial charge in [-0.3, -0.25) is 14.7 Å². The first-order valence-electron chi connectivity index (χ1n) is 10.2. The van der Waals surface area contributed by atoms with Crippen LogP contribution >= 0.6 is 0 Å². The normalized spacial score (nSPS) is 25.9. The van der Waals surface area contributed by atoms with Crippen LogP contribution in [0.4, 0.5) is 0 Å². The molecule has 3 atom stereocenters. The number of likely N-dealkylation sites (tertiary alicyclic amines) is 2. The molecule has 6 heteroatoms. The highest BCUT2D eigenvalue weighted by Crippen LogP contribution is 2.32. The third kappa shape index (κ3) is 3.14. The number of aromatic nitrogens is 2. The van der Waals surface area contributed by atoms with Crippen LogP contribution in [0.3, 0.4) is 0 Å². The summed E-state index contributed by atoms with van der Waals surface area (Å²) >= 11 is 0. The lowest BCUT2D eigenvalue weighted by Gasteiger charge is -2.33. The van der Waals surface area contributed by atoms with Gasteiger partial charge in [-0.15, -0.1) is 0 Å². The van der Waals surface area contributed by atoms with Gasteiger partial charge in [-0.25, -0.2) is 0 Å². The molecular formula is C20H30N4O2. The van der Waals surface area contributed by atoms with E-state index in [0.29, 0.717) is 18.9 Å². The Kier molecular flexibility index (Phi) is 4.76. The van der Waals surface area contributed by atoms with E-state index in [4.69, 9.17) is 0 Å². The van der Waals surface area contributed by atoms with Crippen LogP contribution in [0.1, 0.15) is 56.5 Å². The fourth-order valence-electron chi connectivity index (χ4n) is 4.84. The highest BCUT2D eigenvalue weighted by Gasteiger charge is 2.42. The molecule has 3 heterocycles. The van der Waals surface area contributed by atoms with E-state index in [9.17, 15) is 9.59 Å². The summed E-state index contributed by atoms with van der Waals surface area (Å²) in [4.78, 5) is 29.5. The first kappa shape index (κ1) is 17.6. The van der Waals surface area contributed by atoms with Gasteiger partial charge in [0.2, 0.25) is 11.8 Å². The van der Waals surface area contributed by atoms with Gasteiger partial charge < -0.3 is 9.80 Å². The van der Waals surface area contributed by atoms with Crippen LogP contribution in [0.25, 0.3) is 0 Å². The van der Waals surface area contributed by atoms with Crippen LogP contribution in [0.5, 0.6) is 0 Å². The number of rotatable bonds is 4. The molecule has 2 saturated heterocycles. The topological polar surface area (TPSA) is 69.3 Å². The number of nitrogens with zero attached hydrogens (tertiary/aromatic N) is 3. The van der Waals surface area contributed by atoms with Crippen molar-refractivity contribution in [3.05, 3.63) is 17.0 Å². The Morgan fingerprint density at radius 1 is 1.23 bits per heavy atom. The third-order valence-electron chi connectivity index (χ3n) is 6.54. The Balaban J connectivity index is 1.41. The summed E-state index contributed by atoms with van der Waals surface area (Å²) in [5.41, 5.74) is 3.44. The Labute approximate surface area is 155 Å². The highest BCUT2D eigenvalue weighted by molar-refractivity contribution is 5.81. The quantitative estimate of drug-likeness (QED) is 0.894. The lowest BCUT2D eigenvalue weighted by molar-refractivity contribution is -0.138. The summed E-state index contributed by atoms with van der Waals surface area (Å²) in [6, 6.07) is 0.201. The molecule has 1 aromatic heterocycles. The van der Waals surface area contributed by atoms with Crippen LogP contribution in [-0.2, 0) is 28.9 Å². The third-order valence-corrected chi connectivity index (χ3v) is 6.54. The maximum Gasteiger partial charge on any atom is 0.228 e. The van der Waals surface area contributed by atoms with Crippen LogP contribution in [0, 0.1) is 11.8 Å². The monoisotopic (exact) mass is 358 g/mol. The van der Waals surface area contributed by atoms with Crippen LogP contribution in [-0.4, -0.2) is 57.5 Å². The van der Waals surface area contributed by atoms with Crippen LogP contribution in [0.15, 0.2) is 0 Å². The largest absolute Gasteiger partial charge is 0.340 e. The van der Waals surface area contributed by atoms with E-state index >= 15 is 0 Å². The molecule has 6 nitrogen and oxygen atoms in total. The number of H-pyrrole nitrogens is 1. The van der Waals surface area contributed by atoms with Crippen molar-refractivity contribution in [2.45, 2.75) is 64.8 Å². The molecule has 2 amide bonds. The molecule has 2 fully saturated rings. The second kappa shape index (κ2) is 7.05. The molecule has 1 aliphatic carbocycles. The molecule has 1 N–H and O–H groups in total. The average Bonchev–Trinajstić information content (AvgIpc) is 3.20. The molecule has 0 aromatic carbocycles. The van der Waals surface area contributed by atoms with Crippen molar-refractivity contribution in [2.75, 3.05) is 19.6 Å². The van der Waals surface area contributed by atoms with E-state index < -0.39 is 0 Å². The summed E-state index contributed by atoms with van der Waals surface area (Å²) < 4.78 is 0. The summed E-state index contributed by atoms with van der Waals surface area (Å²) in [5.74, 6) is 0.931. The summed E-state index contributed by atoms with van der Waals surface area (Å²) in [6.07, 6.45) is 6.80. The molecule has 3 unspecified atom stereocenters. The smallest absolute Gasteiger partial charge is 0.228 e. The first-order valence-corrected chi connectivity index (χ1v) is 10.2. The Hall–Kier alpha value is -1.85. The number of aromatic amines is 1. The van der Waals surface area contributed by atoms with E-state index in [-0.39, 0.29) is 23.8 Å². The summed E-state index contributed by atoms with van der Waals surface area (Å²) in [7, 11) is 0. The van der Waals surface area contributed by atoms with Gasteiger partial charge >= 0.3 is 0 Å². The zero-order valence-electron chi connectivity index (χ0n) is 16.0. The summed E-state index contributed by atoms with van der Waals surface area (Å²) in [5, 5.41) is 7.56. The van der Waals surface area contributed by atoms with E-state index in [2.05, 4.69) is 17.1 Å². The number of fused-ring (bicyclic) bond motifs is 3. The molecule has 0 radical (unpaired) electrons. The second-order valence-electron chi connectivity index (χ2n) is 8.37. The van der Waals surface area contributed by atoms with Gasteiger partial charge in [0.05, 0.1) is 12.1 Å². The lowest BCUT2D eigenvalue weighted by atomic mass is 9.94. The number of piperidine rings is 1. The summed E-state index contributed by atoms with van der Waals surface area (Å²) in [6.45, 7) is 6.35. The minimum absolute atomic E-state index is 0.0779. The van der Waals surface area contributed by atoms with Crippen molar-refractivity contribution in [3.63, 3.8) is 0 Å². The van der Waals surface area contributed by atoms with Crippen molar-refractivity contribution < 1.29 is 9.59 Å². The minimum atomic E-state index is 0.0779. The maximum atomic E-state index is 12.9. The van der Waals surface area contributed by atoms with E-state index in [1.807, 2.05) is 16.7 Å². The highest BCUT2D eigenvalue weighted by atomic mass is 16.2. The predicted molar refractivity (Wildman–Crippen MR) is 98.6 cm³/mol. The van der Waals surface area contributed by atoms with E-state index in [0.717, 1.165) is 44.5 Å². The number of carbonyl (C=O) groups excluding carboxylic acids is 2. The average molecular weight is 358 g/mol. The molecule has 26 heavy (non-hydrogen) atoms. The zero-order valence-corrected chi connectivity index (χ0v) is 16.0. The number of hydrogen-bond donors (Lipinski definition) is 1. The first-order chi connectivity index (χ1) is 12.6. The molecule has 4 rings (SSSR count). The van der Waals surface area contributed by atoms with Crippen molar-refractivity contribution in [2.24, 2.45) is 11.8 Å². The SMILES string of the molecule is CCC(C)C(=O)N1CC2CC1CN(C(=O)Cc1n[nH]c3c1CCCC3)C2. The van der Waals surface area contributed by atoms with Gasteiger partial charge in [0.25, 0.3) is 0 Å². The van der Waals surface area contributed by atoms with Gasteiger partial charge in [-0.2, -0.15) is 5.10 Å². The Morgan fingerprint density at radius 2 is 2.04 bits per heavy atom. The van der Waals surface area contributed by atoms with Crippen molar-refractivity contribution in [3.8, 4) is 0 Å². The van der Waals surface area contributed by atoms with Gasteiger partial charge in [0, 0.05) is 37.3 Å². The molecule has 2 bridgehead atoms. The second-order valence-corrected chi connectivity index (χ2v) is 8.37. The minimum Gasteiger partial charge on any atom is -0.340 e. The number of nitrogens with one attached hydrogen (secondary N) is 1. The van der Waals surface area contributed by atoms with Gasteiger partial charge in [-0.05, 0) is 50.0 Å². The zero-order chi connectivity index (χ0) is 18.3. The molecule has 142 valence electrons. The fraction of sp³-hybridized carbons (Fsp3) is 0.750. The maximum absolute atomic E-state index is 12.9. The van der Waals surface area contributed by atoms with Gasteiger partial charge in [-0.1, -0.05) is 13.8 Å². The Bertz CT molecular complexity index is 698. The van der Waals surface area contributed by atoms with Crippen LogP contribution < -0.4 is 0 Å². The van der Waals surface area contributed by atoms with Gasteiger partial charge in [0.15, 0.2) is 0 Å². The fourth-order valence-corrected chi connectivity index (χ4v) is 4.84. The van der Waals surface area contributed by atoms with Crippen molar-refractivity contribution in [1.82, 2.24) is 20.0 Å². The standard InChI is InChI=1S/C20H30N4O2/c1-3-13(2)20(26)24-11-14-8-15(24)12-23(10-14)19(25)9-18-16-6-4-5-7-17(16)21-22-18/h13-15H,3-12H2,1-2H3,(H,21,22). The van der Waals surface area contributed by atoms with E-state index in [1.165, 1.54) is 24.1 Å². The van der Waals surface area contributed by atoms with Crippen LogP contribution in [0.2, 0.25) is 0 Å².